The molecule has 0 aromatic heterocycles. The lowest BCUT2D eigenvalue weighted by Gasteiger charge is -2.20. The van der Waals surface area contributed by atoms with E-state index in [1.807, 2.05) is 23.1 Å². The maximum absolute atomic E-state index is 12.1. The summed E-state index contributed by atoms with van der Waals surface area (Å²) in [6, 6.07) is 8.20. The third-order valence-electron chi connectivity index (χ3n) is 3.64. The SMILES string of the molecule is COCc1cccc(CNC(=O)N2CCCCCC2)c1. The van der Waals surface area contributed by atoms with Gasteiger partial charge in [-0.25, -0.2) is 4.79 Å². The van der Waals surface area contributed by atoms with Gasteiger partial charge < -0.3 is 15.0 Å². The number of ether oxygens (including phenoxy) is 1. The molecule has 1 aliphatic heterocycles. The molecule has 1 heterocycles. The van der Waals surface area contributed by atoms with Gasteiger partial charge in [-0.3, -0.25) is 0 Å². The van der Waals surface area contributed by atoms with Crippen LogP contribution in [0.5, 0.6) is 0 Å². The number of nitrogens with zero attached hydrogens (tertiary/aromatic N) is 1. The largest absolute Gasteiger partial charge is 0.380 e. The van der Waals surface area contributed by atoms with Crippen molar-refractivity contribution in [1.29, 1.82) is 0 Å². The molecule has 0 atom stereocenters. The van der Waals surface area contributed by atoms with Crippen LogP contribution in [0.15, 0.2) is 24.3 Å². The van der Waals surface area contributed by atoms with E-state index in [1.54, 1.807) is 7.11 Å². The van der Waals surface area contributed by atoms with Crippen molar-refractivity contribution in [3.05, 3.63) is 35.4 Å². The van der Waals surface area contributed by atoms with Gasteiger partial charge in [0.25, 0.3) is 0 Å². The second-order valence-corrected chi connectivity index (χ2v) is 5.31. The molecule has 1 aromatic rings. The van der Waals surface area contributed by atoms with E-state index in [0.29, 0.717) is 13.2 Å². The third-order valence-corrected chi connectivity index (χ3v) is 3.64. The summed E-state index contributed by atoms with van der Waals surface area (Å²) >= 11 is 0. The van der Waals surface area contributed by atoms with E-state index in [0.717, 1.165) is 37.1 Å². The number of hydrogen-bond donors (Lipinski definition) is 1. The van der Waals surface area contributed by atoms with E-state index in [9.17, 15) is 4.79 Å². The Labute approximate surface area is 121 Å². The molecule has 1 saturated heterocycles. The molecular weight excluding hydrogens is 252 g/mol. The molecule has 0 spiro atoms. The first-order valence-electron chi connectivity index (χ1n) is 7.39. The van der Waals surface area contributed by atoms with Crippen LogP contribution in [0.3, 0.4) is 0 Å². The van der Waals surface area contributed by atoms with E-state index < -0.39 is 0 Å². The van der Waals surface area contributed by atoms with E-state index in [-0.39, 0.29) is 6.03 Å². The minimum absolute atomic E-state index is 0.0593. The van der Waals surface area contributed by atoms with Crippen molar-refractivity contribution in [3.8, 4) is 0 Å². The van der Waals surface area contributed by atoms with Crippen molar-refractivity contribution < 1.29 is 9.53 Å². The normalized spacial score (nSPS) is 15.8. The second kappa shape index (κ2) is 7.90. The number of hydrogen-bond acceptors (Lipinski definition) is 2. The first-order chi connectivity index (χ1) is 9.79. The van der Waals surface area contributed by atoms with Gasteiger partial charge in [0.05, 0.1) is 6.61 Å². The van der Waals surface area contributed by atoms with Crippen LogP contribution in [0.2, 0.25) is 0 Å². The standard InChI is InChI=1S/C16H24N2O2/c1-20-13-15-8-6-7-14(11-15)12-17-16(19)18-9-4-2-3-5-10-18/h6-8,11H,2-5,9-10,12-13H2,1H3,(H,17,19). The van der Waals surface area contributed by atoms with Crippen LogP contribution in [0.1, 0.15) is 36.8 Å². The summed E-state index contributed by atoms with van der Waals surface area (Å²) < 4.78 is 5.12. The van der Waals surface area contributed by atoms with Crippen molar-refractivity contribution >= 4 is 6.03 Å². The van der Waals surface area contributed by atoms with Gasteiger partial charge in [0.2, 0.25) is 0 Å². The zero-order chi connectivity index (χ0) is 14.2. The Morgan fingerprint density at radius 3 is 2.60 bits per heavy atom. The predicted octanol–water partition coefficient (Wildman–Crippen LogP) is 2.92. The second-order valence-electron chi connectivity index (χ2n) is 5.31. The summed E-state index contributed by atoms with van der Waals surface area (Å²) in [5.41, 5.74) is 2.25. The minimum Gasteiger partial charge on any atom is -0.380 e. The van der Waals surface area contributed by atoms with Crippen molar-refractivity contribution in [2.45, 2.75) is 38.8 Å². The Bertz CT molecular complexity index is 426. The Morgan fingerprint density at radius 1 is 1.20 bits per heavy atom. The number of carbonyl (C=O) groups is 1. The zero-order valence-electron chi connectivity index (χ0n) is 12.2. The van der Waals surface area contributed by atoms with Crippen LogP contribution in [0.4, 0.5) is 4.79 Å². The predicted molar refractivity (Wildman–Crippen MR) is 79.4 cm³/mol. The van der Waals surface area contributed by atoms with E-state index >= 15 is 0 Å². The molecule has 4 nitrogen and oxygen atoms in total. The third kappa shape index (κ3) is 4.53. The molecule has 2 amide bonds. The molecule has 110 valence electrons. The summed E-state index contributed by atoms with van der Waals surface area (Å²) in [6.07, 6.45) is 4.72. The van der Waals surface area contributed by atoms with Gasteiger partial charge in [-0.15, -0.1) is 0 Å². The molecule has 0 saturated carbocycles. The molecule has 0 unspecified atom stereocenters. The molecular formula is C16H24N2O2. The van der Waals surface area contributed by atoms with Crippen molar-refractivity contribution in [3.63, 3.8) is 0 Å². The van der Waals surface area contributed by atoms with Gasteiger partial charge in [-0.2, -0.15) is 0 Å². The number of urea groups is 1. The van der Waals surface area contributed by atoms with Crippen LogP contribution in [0.25, 0.3) is 0 Å². The number of benzene rings is 1. The van der Waals surface area contributed by atoms with Crippen molar-refractivity contribution in [2.75, 3.05) is 20.2 Å². The highest BCUT2D eigenvalue weighted by Crippen LogP contribution is 2.10. The molecule has 0 radical (unpaired) electrons. The molecule has 0 aliphatic carbocycles. The number of methoxy groups -OCH3 is 1. The monoisotopic (exact) mass is 276 g/mol. The molecule has 2 rings (SSSR count). The maximum Gasteiger partial charge on any atom is 0.317 e. The number of nitrogens with one attached hydrogen (secondary N) is 1. The summed E-state index contributed by atoms with van der Waals surface area (Å²) in [5, 5.41) is 3.01. The summed E-state index contributed by atoms with van der Waals surface area (Å²) in [7, 11) is 1.69. The summed E-state index contributed by atoms with van der Waals surface area (Å²) in [6.45, 7) is 2.95. The number of likely N-dealkylation sites (tertiary alicyclic amines) is 1. The zero-order valence-corrected chi connectivity index (χ0v) is 12.2. The van der Waals surface area contributed by atoms with Crippen LogP contribution in [-0.2, 0) is 17.9 Å². The molecule has 1 aliphatic rings. The number of amides is 2. The maximum atomic E-state index is 12.1. The lowest BCUT2D eigenvalue weighted by Crippen LogP contribution is -2.40. The van der Waals surface area contributed by atoms with Crippen LogP contribution >= 0.6 is 0 Å². The molecule has 1 fully saturated rings. The Balaban J connectivity index is 1.84. The fourth-order valence-corrected chi connectivity index (χ4v) is 2.56. The van der Waals surface area contributed by atoms with Gasteiger partial charge in [0, 0.05) is 26.7 Å². The molecule has 0 bridgehead atoms. The lowest BCUT2D eigenvalue weighted by molar-refractivity contribution is 0.185. The summed E-state index contributed by atoms with van der Waals surface area (Å²) in [4.78, 5) is 14.1. The van der Waals surface area contributed by atoms with E-state index in [4.69, 9.17) is 4.74 Å². The van der Waals surface area contributed by atoms with Crippen LogP contribution in [0, 0.1) is 0 Å². The fraction of sp³-hybridized carbons (Fsp3) is 0.562. The fourth-order valence-electron chi connectivity index (χ4n) is 2.56. The van der Waals surface area contributed by atoms with Gasteiger partial charge in [-0.05, 0) is 24.0 Å². The highest BCUT2D eigenvalue weighted by Gasteiger charge is 2.14. The van der Waals surface area contributed by atoms with Gasteiger partial charge in [0.1, 0.15) is 0 Å². The van der Waals surface area contributed by atoms with Crippen molar-refractivity contribution in [1.82, 2.24) is 10.2 Å². The van der Waals surface area contributed by atoms with Crippen molar-refractivity contribution in [2.24, 2.45) is 0 Å². The highest BCUT2D eigenvalue weighted by atomic mass is 16.5. The lowest BCUT2D eigenvalue weighted by atomic mass is 10.1. The topological polar surface area (TPSA) is 41.6 Å². The quantitative estimate of drug-likeness (QED) is 0.918. The molecule has 1 N–H and O–H groups in total. The first kappa shape index (κ1) is 14.9. The van der Waals surface area contributed by atoms with Gasteiger partial charge in [-0.1, -0.05) is 37.1 Å². The Morgan fingerprint density at radius 2 is 1.90 bits per heavy atom. The highest BCUT2D eigenvalue weighted by molar-refractivity contribution is 5.74. The summed E-state index contributed by atoms with van der Waals surface area (Å²) in [5.74, 6) is 0. The number of rotatable bonds is 4. The molecule has 1 aromatic carbocycles. The van der Waals surface area contributed by atoms with Crippen LogP contribution < -0.4 is 5.32 Å². The smallest absolute Gasteiger partial charge is 0.317 e. The molecule has 4 heteroatoms. The van der Waals surface area contributed by atoms with Crippen LogP contribution in [-0.4, -0.2) is 31.1 Å². The van der Waals surface area contributed by atoms with E-state index in [1.165, 1.54) is 12.8 Å². The first-order valence-corrected chi connectivity index (χ1v) is 7.39. The Kier molecular flexibility index (Phi) is 5.87. The Hall–Kier alpha value is -1.55. The molecule has 20 heavy (non-hydrogen) atoms. The minimum atomic E-state index is 0.0593. The van der Waals surface area contributed by atoms with Gasteiger partial charge in [0.15, 0.2) is 0 Å². The average Bonchev–Trinajstić information content (AvgIpc) is 2.75. The average molecular weight is 276 g/mol. The number of carbonyl (C=O) groups excluding carboxylic acids is 1. The van der Waals surface area contributed by atoms with Gasteiger partial charge >= 0.3 is 6.03 Å². The van der Waals surface area contributed by atoms with E-state index in [2.05, 4.69) is 11.4 Å².